The first-order valence-electron chi connectivity index (χ1n) is 10.1. The standard InChI is InChI=1S/C21H31N3O3S/c1-5-28-18-10-11-19-20(12-18)24(4)21(23-19)27-17-8-6-16(7-9-17)26-13-14(2)22-15(3)25/h10-12,14,16-17H,5-9,13H2,1-4H3,(H,22,25)/t14-,16-,17-/m0/s1. The predicted octanol–water partition coefficient (Wildman–Crippen LogP) is 3.92. The van der Waals surface area contributed by atoms with Gasteiger partial charge in [-0.1, -0.05) is 6.92 Å². The number of hydrogen-bond donors (Lipinski definition) is 1. The zero-order valence-electron chi connectivity index (χ0n) is 17.2. The molecular weight excluding hydrogens is 374 g/mol. The van der Waals surface area contributed by atoms with Crippen LogP contribution < -0.4 is 10.1 Å². The molecule has 1 aliphatic rings. The van der Waals surface area contributed by atoms with Crippen molar-refractivity contribution in [2.75, 3.05) is 12.4 Å². The molecule has 1 aliphatic carbocycles. The molecular formula is C21H31N3O3S. The number of thioether (sulfide) groups is 1. The molecule has 1 aromatic heterocycles. The summed E-state index contributed by atoms with van der Waals surface area (Å²) in [6, 6.07) is 7.11. The van der Waals surface area contributed by atoms with Crippen molar-refractivity contribution in [2.24, 2.45) is 7.05 Å². The zero-order valence-corrected chi connectivity index (χ0v) is 18.1. The number of nitrogens with one attached hydrogen (secondary N) is 1. The molecule has 7 heteroatoms. The number of fused-ring (bicyclic) bond motifs is 1. The first kappa shape index (κ1) is 21.0. The Morgan fingerprint density at radius 3 is 2.71 bits per heavy atom. The largest absolute Gasteiger partial charge is 0.461 e. The molecule has 1 heterocycles. The minimum atomic E-state index is -0.0175. The quantitative estimate of drug-likeness (QED) is 0.675. The SMILES string of the molecule is CCSc1ccc2nc(O[C@H]3CC[C@H](OC[C@H](C)NC(C)=O)CC3)n(C)c2c1. The van der Waals surface area contributed by atoms with Gasteiger partial charge in [-0.05, 0) is 56.6 Å². The van der Waals surface area contributed by atoms with Gasteiger partial charge in [0, 0.05) is 24.9 Å². The molecule has 0 radical (unpaired) electrons. The lowest BCUT2D eigenvalue weighted by Gasteiger charge is -2.29. The number of amides is 1. The Labute approximate surface area is 171 Å². The molecule has 1 aromatic carbocycles. The third-order valence-corrected chi connectivity index (χ3v) is 5.92. The monoisotopic (exact) mass is 405 g/mol. The normalized spacial score (nSPS) is 20.9. The van der Waals surface area contributed by atoms with Gasteiger partial charge in [-0.25, -0.2) is 0 Å². The number of aromatic nitrogens is 2. The highest BCUT2D eigenvalue weighted by Gasteiger charge is 2.25. The van der Waals surface area contributed by atoms with E-state index in [1.807, 2.05) is 30.3 Å². The maximum atomic E-state index is 11.1. The van der Waals surface area contributed by atoms with Gasteiger partial charge in [0.05, 0.1) is 23.7 Å². The summed E-state index contributed by atoms with van der Waals surface area (Å²) < 4.78 is 14.2. The van der Waals surface area contributed by atoms with Crippen molar-refractivity contribution in [1.29, 1.82) is 0 Å². The van der Waals surface area contributed by atoms with E-state index in [-0.39, 0.29) is 24.2 Å². The zero-order chi connectivity index (χ0) is 20.1. The van der Waals surface area contributed by atoms with E-state index in [0.717, 1.165) is 42.5 Å². The number of carbonyl (C=O) groups excluding carboxylic acids is 1. The molecule has 28 heavy (non-hydrogen) atoms. The van der Waals surface area contributed by atoms with Crippen molar-refractivity contribution in [3.05, 3.63) is 18.2 Å². The maximum absolute atomic E-state index is 11.1. The van der Waals surface area contributed by atoms with Crippen LogP contribution in [0.5, 0.6) is 6.01 Å². The Morgan fingerprint density at radius 1 is 1.32 bits per heavy atom. The Balaban J connectivity index is 1.52. The van der Waals surface area contributed by atoms with Crippen LogP contribution in [0.15, 0.2) is 23.1 Å². The highest BCUT2D eigenvalue weighted by atomic mass is 32.2. The number of nitrogens with zero attached hydrogens (tertiary/aromatic N) is 2. The second kappa shape index (κ2) is 9.65. The Kier molecular flexibility index (Phi) is 7.24. The molecule has 6 nitrogen and oxygen atoms in total. The molecule has 1 saturated carbocycles. The van der Waals surface area contributed by atoms with Crippen LogP contribution >= 0.6 is 11.8 Å². The van der Waals surface area contributed by atoms with E-state index in [4.69, 9.17) is 9.47 Å². The van der Waals surface area contributed by atoms with Crippen molar-refractivity contribution >= 4 is 28.7 Å². The maximum Gasteiger partial charge on any atom is 0.297 e. The summed E-state index contributed by atoms with van der Waals surface area (Å²) in [7, 11) is 2.02. The number of rotatable bonds is 8. The molecule has 0 unspecified atom stereocenters. The van der Waals surface area contributed by atoms with Gasteiger partial charge in [0.25, 0.3) is 6.01 Å². The minimum absolute atomic E-state index is 0.0175. The van der Waals surface area contributed by atoms with E-state index < -0.39 is 0 Å². The van der Waals surface area contributed by atoms with Crippen LogP contribution in [-0.2, 0) is 16.6 Å². The van der Waals surface area contributed by atoms with Gasteiger partial charge in [-0.3, -0.25) is 9.36 Å². The lowest BCUT2D eigenvalue weighted by Crippen LogP contribution is -2.37. The molecule has 1 atom stereocenters. The second-order valence-corrected chi connectivity index (χ2v) is 8.83. The molecule has 0 bridgehead atoms. The summed E-state index contributed by atoms with van der Waals surface area (Å²) in [6.45, 7) is 6.21. The summed E-state index contributed by atoms with van der Waals surface area (Å²) in [6.07, 6.45) is 4.27. The van der Waals surface area contributed by atoms with Crippen LogP contribution in [0.25, 0.3) is 11.0 Å². The Morgan fingerprint density at radius 2 is 2.04 bits per heavy atom. The molecule has 154 valence electrons. The molecule has 0 spiro atoms. The van der Waals surface area contributed by atoms with E-state index in [0.29, 0.717) is 12.6 Å². The lowest BCUT2D eigenvalue weighted by atomic mass is 9.95. The second-order valence-electron chi connectivity index (χ2n) is 7.49. The van der Waals surface area contributed by atoms with Gasteiger partial charge in [0.15, 0.2) is 0 Å². The molecule has 0 aliphatic heterocycles. The van der Waals surface area contributed by atoms with Crippen LogP contribution in [0.4, 0.5) is 0 Å². The smallest absolute Gasteiger partial charge is 0.297 e. The lowest BCUT2D eigenvalue weighted by molar-refractivity contribution is -0.120. The van der Waals surface area contributed by atoms with Crippen LogP contribution in [0.3, 0.4) is 0 Å². The van der Waals surface area contributed by atoms with Gasteiger partial charge in [0.1, 0.15) is 6.10 Å². The van der Waals surface area contributed by atoms with Crippen molar-refractivity contribution in [1.82, 2.24) is 14.9 Å². The van der Waals surface area contributed by atoms with Gasteiger partial charge in [-0.15, -0.1) is 11.8 Å². The minimum Gasteiger partial charge on any atom is -0.461 e. The highest BCUT2D eigenvalue weighted by Crippen LogP contribution is 2.29. The fourth-order valence-corrected chi connectivity index (χ4v) is 4.34. The summed E-state index contributed by atoms with van der Waals surface area (Å²) in [5.41, 5.74) is 2.08. The van der Waals surface area contributed by atoms with Crippen LogP contribution in [0.1, 0.15) is 46.5 Å². The summed E-state index contributed by atoms with van der Waals surface area (Å²) in [5, 5.41) is 2.85. The highest BCUT2D eigenvalue weighted by molar-refractivity contribution is 7.99. The number of carbonyl (C=O) groups is 1. The van der Waals surface area contributed by atoms with E-state index in [1.165, 1.54) is 11.8 Å². The number of imidazole rings is 1. The van der Waals surface area contributed by atoms with Gasteiger partial charge >= 0.3 is 0 Å². The Hall–Kier alpha value is -1.73. The summed E-state index contributed by atoms with van der Waals surface area (Å²) >= 11 is 1.83. The van der Waals surface area contributed by atoms with Crippen LogP contribution in [0.2, 0.25) is 0 Å². The first-order chi connectivity index (χ1) is 13.5. The number of benzene rings is 1. The molecule has 1 N–H and O–H groups in total. The molecule has 1 fully saturated rings. The molecule has 0 saturated heterocycles. The molecule has 3 rings (SSSR count). The van der Waals surface area contributed by atoms with E-state index in [2.05, 4.69) is 35.4 Å². The van der Waals surface area contributed by atoms with Crippen LogP contribution in [-0.4, -0.2) is 46.1 Å². The van der Waals surface area contributed by atoms with E-state index in [9.17, 15) is 4.79 Å². The third kappa shape index (κ3) is 5.41. The molecule has 1 amide bonds. The predicted molar refractivity (Wildman–Crippen MR) is 113 cm³/mol. The molecule has 2 aromatic rings. The topological polar surface area (TPSA) is 65.4 Å². The van der Waals surface area contributed by atoms with E-state index >= 15 is 0 Å². The average Bonchev–Trinajstić information content (AvgIpc) is 2.96. The summed E-state index contributed by atoms with van der Waals surface area (Å²) in [4.78, 5) is 17.0. The van der Waals surface area contributed by atoms with Gasteiger partial charge in [0.2, 0.25) is 5.91 Å². The summed E-state index contributed by atoms with van der Waals surface area (Å²) in [5.74, 6) is 1.04. The van der Waals surface area contributed by atoms with Gasteiger partial charge in [-0.2, -0.15) is 4.98 Å². The van der Waals surface area contributed by atoms with Crippen molar-refractivity contribution < 1.29 is 14.3 Å². The van der Waals surface area contributed by atoms with Gasteiger partial charge < -0.3 is 14.8 Å². The number of ether oxygens (including phenoxy) is 2. The van der Waals surface area contributed by atoms with Crippen LogP contribution in [0, 0.1) is 0 Å². The first-order valence-corrected chi connectivity index (χ1v) is 11.1. The van der Waals surface area contributed by atoms with Crippen molar-refractivity contribution in [3.8, 4) is 6.01 Å². The van der Waals surface area contributed by atoms with E-state index in [1.54, 1.807) is 0 Å². The number of hydrogen-bond acceptors (Lipinski definition) is 5. The number of aryl methyl sites for hydroxylation is 1. The average molecular weight is 406 g/mol. The van der Waals surface area contributed by atoms with Crippen molar-refractivity contribution in [2.45, 2.75) is 69.6 Å². The Bertz CT molecular complexity index is 800. The third-order valence-electron chi connectivity index (χ3n) is 5.05. The van der Waals surface area contributed by atoms with Crippen molar-refractivity contribution in [3.63, 3.8) is 0 Å². The fourth-order valence-electron chi connectivity index (χ4n) is 3.64. The fraction of sp³-hybridized carbons (Fsp3) is 0.619.